The van der Waals surface area contributed by atoms with Crippen molar-refractivity contribution in [2.45, 2.75) is 101 Å². The van der Waals surface area contributed by atoms with Crippen molar-refractivity contribution in [3.8, 4) is 0 Å². The van der Waals surface area contributed by atoms with Crippen LogP contribution in [0.1, 0.15) is 101 Å². The Hall–Kier alpha value is -3.19. The van der Waals surface area contributed by atoms with Crippen LogP contribution in [0.2, 0.25) is 0 Å². The molecule has 0 unspecified atom stereocenters. The van der Waals surface area contributed by atoms with Crippen LogP contribution in [0.4, 0.5) is 0 Å². The number of carbonyl (C=O) groups is 1. The van der Waals surface area contributed by atoms with Crippen molar-refractivity contribution >= 4 is 5.78 Å². The molecular formula is C40H54O. The molecule has 0 fully saturated rings. The highest BCUT2D eigenvalue weighted by molar-refractivity contribution is 5.97. The monoisotopic (exact) mass is 550 g/mol. The van der Waals surface area contributed by atoms with Crippen LogP contribution < -0.4 is 0 Å². The molecule has 0 bridgehead atoms. The van der Waals surface area contributed by atoms with E-state index in [1.54, 1.807) is 0 Å². The second-order valence-corrected chi connectivity index (χ2v) is 13.2. The smallest absolute Gasteiger partial charge is 0.158 e. The maximum absolute atomic E-state index is 12.2. The van der Waals surface area contributed by atoms with Crippen molar-refractivity contribution in [2.24, 2.45) is 10.8 Å². The van der Waals surface area contributed by atoms with Gasteiger partial charge in [0.2, 0.25) is 0 Å². The van der Waals surface area contributed by atoms with Crippen molar-refractivity contribution in [2.75, 3.05) is 0 Å². The predicted octanol–water partition coefficient (Wildman–Crippen LogP) is 11.8. The summed E-state index contributed by atoms with van der Waals surface area (Å²) in [5.74, 6) is 0.280. The van der Waals surface area contributed by atoms with Crippen molar-refractivity contribution in [3.63, 3.8) is 0 Å². The first kappa shape index (κ1) is 34.0. The molecule has 2 aliphatic carbocycles. The van der Waals surface area contributed by atoms with Gasteiger partial charge in [-0.3, -0.25) is 4.79 Å². The van der Waals surface area contributed by atoms with Crippen molar-refractivity contribution < 1.29 is 4.79 Å². The maximum Gasteiger partial charge on any atom is 0.158 e. The lowest BCUT2D eigenvalue weighted by Crippen LogP contribution is -2.24. The summed E-state index contributed by atoms with van der Waals surface area (Å²) in [7, 11) is 0. The Labute approximate surface area is 252 Å². The van der Waals surface area contributed by atoms with Gasteiger partial charge in [0.05, 0.1) is 0 Å². The van der Waals surface area contributed by atoms with Gasteiger partial charge in [0.25, 0.3) is 0 Å². The Morgan fingerprint density at radius 2 is 1.02 bits per heavy atom. The fraction of sp³-hybridized carbons (Fsp3) is 0.425. The number of Topliss-reactive ketones (excluding diaryl/α,β-unsaturated/α-hetero) is 1. The molecule has 0 aromatic rings. The fourth-order valence-corrected chi connectivity index (χ4v) is 5.54. The largest absolute Gasteiger partial charge is 0.295 e. The summed E-state index contributed by atoms with van der Waals surface area (Å²) in [5.41, 5.74) is 10.3. The zero-order chi connectivity index (χ0) is 30.6. The standard InChI is InChI=1S/C40H54O/c1-30(18-13-20-32(3)23-25-36-34(5)22-15-28-39(36,7)8)16-11-12-17-31(2)19-14-21-33(4)24-26-37-35(6)38(41)27-29-40(37,9)10/h11-14,16-21,23-26H,15,22,27-29H2,1-10H3/b12-11+,18-13+,19-14+,25-23+,26-24+,30-16+,31-17+,32-20-,33-21+. The molecule has 0 aliphatic heterocycles. The number of allylic oxidation sites excluding steroid dienone is 22. The summed E-state index contributed by atoms with van der Waals surface area (Å²) in [6.07, 6.45) is 35.4. The average molecular weight is 551 g/mol. The summed E-state index contributed by atoms with van der Waals surface area (Å²) in [5, 5.41) is 0. The van der Waals surface area contributed by atoms with E-state index in [4.69, 9.17) is 0 Å². The van der Waals surface area contributed by atoms with E-state index in [0.29, 0.717) is 6.42 Å². The molecule has 1 nitrogen and oxygen atoms in total. The third kappa shape index (κ3) is 11.3. The summed E-state index contributed by atoms with van der Waals surface area (Å²) >= 11 is 0. The van der Waals surface area contributed by atoms with Gasteiger partial charge in [-0.1, -0.05) is 141 Å². The van der Waals surface area contributed by atoms with Crippen LogP contribution in [-0.4, -0.2) is 5.78 Å². The topological polar surface area (TPSA) is 17.1 Å². The number of hydrogen-bond donors (Lipinski definition) is 0. The van der Waals surface area contributed by atoms with Gasteiger partial charge in [0.1, 0.15) is 0 Å². The van der Waals surface area contributed by atoms with Gasteiger partial charge in [0.15, 0.2) is 5.78 Å². The summed E-state index contributed by atoms with van der Waals surface area (Å²) in [4.78, 5) is 12.2. The van der Waals surface area contributed by atoms with E-state index in [-0.39, 0.29) is 16.6 Å². The van der Waals surface area contributed by atoms with Crippen molar-refractivity contribution in [1.82, 2.24) is 0 Å². The van der Waals surface area contributed by atoms with Gasteiger partial charge in [0, 0.05) is 6.42 Å². The first-order valence-electron chi connectivity index (χ1n) is 15.3. The summed E-state index contributed by atoms with van der Waals surface area (Å²) in [6, 6.07) is 0. The predicted molar refractivity (Wildman–Crippen MR) is 182 cm³/mol. The third-order valence-corrected chi connectivity index (χ3v) is 8.36. The lowest BCUT2D eigenvalue weighted by atomic mass is 9.72. The minimum Gasteiger partial charge on any atom is -0.295 e. The summed E-state index contributed by atoms with van der Waals surface area (Å²) in [6.45, 7) is 21.9. The van der Waals surface area contributed by atoms with E-state index in [1.165, 1.54) is 52.7 Å². The van der Waals surface area contributed by atoms with E-state index in [1.807, 2.05) is 6.92 Å². The minimum absolute atomic E-state index is 0.0507. The zero-order valence-electron chi connectivity index (χ0n) is 27.5. The van der Waals surface area contributed by atoms with Gasteiger partial charge >= 0.3 is 0 Å². The molecule has 0 radical (unpaired) electrons. The average Bonchev–Trinajstić information content (AvgIpc) is 2.88. The highest BCUT2D eigenvalue weighted by atomic mass is 16.1. The van der Waals surface area contributed by atoms with Crippen LogP contribution in [0.25, 0.3) is 0 Å². The van der Waals surface area contributed by atoms with Crippen LogP contribution >= 0.6 is 0 Å². The Morgan fingerprint density at radius 1 is 0.585 bits per heavy atom. The minimum atomic E-state index is 0.0507. The first-order valence-corrected chi connectivity index (χ1v) is 15.3. The molecule has 0 N–H and O–H groups in total. The number of carbonyl (C=O) groups excluding carboxylic acids is 1. The Bertz CT molecular complexity index is 1300. The lowest BCUT2D eigenvalue weighted by molar-refractivity contribution is -0.116. The SMILES string of the molecule is CC1=C(/C=C/C(C)=C\C=C\C(C)=C\C=C\C=C(C)\C=C\C=C(C)\C=C\C2=C(C)C(=O)CCC2(C)C)C(C)(C)CCC1. The summed E-state index contributed by atoms with van der Waals surface area (Å²) < 4.78 is 0. The third-order valence-electron chi connectivity index (χ3n) is 8.36. The first-order chi connectivity index (χ1) is 19.2. The normalized spacial score (nSPS) is 21.8. The van der Waals surface area contributed by atoms with Crippen LogP contribution in [0.3, 0.4) is 0 Å². The molecule has 0 heterocycles. The molecule has 0 aromatic heterocycles. The Kier molecular flexibility index (Phi) is 13.0. The van der Waals surface area contributed by atoms with E-state index < -0.39 is 0 Å². The van der Waals surface area contributed by atoms with Gasteiger partial charge < -0.3 is 0 Å². The van der Waals surface area contributed by atoms with Crippen LogP contribution in [0.5, 0.6) is 0 Å². The molecule has 0 atom stereocenters. The zero-order valence-corrected chi connectivity index (χ0v) is 27.5. The van der Waals surface area contributed by atoms with Gasteiger partial charge in [-0.2, -0.15) is 0 Å². The molecule has 2 rings (SSSR count). The quantitative estimate of drug-likeness (QED) is 0.247. The molecule has 0 saturated heterocycles. The Morgan fingerprint density at radius 3 is 1.54 bits per heavy atom. The molecular weight excluding hydrogens is 496 g/mol. The number of rotatable bonds is 10. The molecule has 41 heavy (non-hydrogen) atoms. The van der Waals surface area contributed by atoms with E-state index in [9.17, 15) is 4.79 Å². The lowest BCUT2D eigenvalue weighted by Gasteiger charge is -2.32. The Balaban J connectivity index is 1.91. The van der Waals surface area contributed by atoms with Gasteiger partial charge in [-0.05, 0) is 94.8 Å². The highest BCUT2D eigenvalue weighted by Crippen LogP contribution is 2.41. The van der Waals surface area contributed by atoms with Crippen molar-refractivity contribution in [1.29, 1.82) is 0 Å². The second kappa shape index (κ2) is 15.7. The van der Waals surface area contributed by atoms with Crippen LogP contribution in [0, 0.1) is 10.8 Å². The molecule has 220 valence electrons. The van der Waals surface area contributed by atoms with Crippen LogP contribution in [0.15, 0.2) is 130 Å². The van der Waals surface area contributed by atoms with E-state index in [0.717, 1.165) is 17.6 Å². The highest BCUT2D eigenvalue weighted by Gasteiger charge is 2.30. The molecule has 0 saturated carbocycles. The molecule has 1 heteroatoms. The van der Waals surface area contributed by atoms with E-state index in [2.05, 4.69) is 147 Å². The molecule has 0 aromatic carbocycles. The maximum atomic E-state index is 12.2. The van der Waals surface area contributed by atoms with Gasteiger partial charge in [-0.25, -0.2) is 0 Å². The molecule has 2 aliphatic rings. The van der Waals surface area contributed by atoms with Gasteiger partial charge in [-0.15, -0.1) is 0 Å². The molecule has 0 spiro atoms. The number of ketones is 1. The van der Waals surface area contributed by atoms with Crippen molar-refractivity contribution in [3.05, 3.63) is 130 Å². The molecule has 0 amide bonds. The van der Waals surface area contributed by atoms with E-state index >= 15 is 0 Å². The second-order valence-electron chi connectivity index (χ2n) is 13.2. The number of hydrogen-bond acceptors (Lipinski definition) is 1. The fourth-order valence-electron chi connectivity index (χ4n) is 5.54. The van der Waals surface area contributed by atoms with Crippen LogP contribution in [-0.2, 0) is 4.79 Å².